The van der Waals surface area contributed by atoms with Gasteiger partial charge in [0, 0.05) is 9.75 Å². The van der Waals surface area contributed by atoms with E-state index in [1.54, 1.807) is 0 Å². The molecule has 0 saturated heterocycles. The molecule has 0 N–H and O–H groups in total. The third kappa shape index (κ3) is 1.78. The van der Waals surface area contributed by atoms with Crippen molar-refractivity contribution in [3.63, 3.8) is 0 Å². The van der Waals surface area contributed by atoms with Crippen molar-refractivity contribution in [3.05, 3.63) is 28.5 Å². The second-order valence-electron chi connectivity index (χ2n) is 3.64. The van der Waals surface area contributed by atoms with Gasteiger partial charge in [-0.2, -0.15) is 0 Å². The largest absolute Gasteiger partial charge is 0.140 e. The van der Waals surface area contributed by atoms with E-state index in [-0.39, 0.29) is 0 Å². The van der Waals surface area contributed by atoms with Crippen molar-refractivity contribution in [2.75, 3.05) is 0 Å². The quantitative estimate of drug-likeness (QED) is 0.657. The molecule has 0 nitrogen and oxygen atoms in total. The van der Waals surface area contributed by atoms with Crippen molar-refractivity contribution in [2.24, 2.45) is 0 Å². The summed E-state index contributed by atoms with van der Waals surface area (Å²) in [6.45, 7) is 10.6. The predicted molar refractivity (Wildman–Crippen MR) is 57.7 cm³/mol. The Labute approximate surface area is 78.9 Å². The van der Waals surface area contributed by atoms with Crippen LogP contribution in [0.2, 0.25) is 0 Å². The Balaban J connectivity index is 2.95. The lowest BCUT2D eigenvalue weighted by Gasteiger charge is -2.20. The van der Waals surface area contributed by atoms with Crippen LogP contribution in [-0.4, -0.2) is 0 Å². The second-order valence-corrected chi connectivity index (χ2v) is 4.76. The summed E-state index contributed by atoms with van der Waals surface area (Å²) in [4.78, 5) is 2.73. The van der Waals surface area contributed by atoms with Crippen molar-refractivity contribution in [3.8, 4) is 0 Å². The lowest BCUT2D eigenvalue weighted by molar-refractivity contribution is 0.517. The van der Waals surface area contributed by atoms with Crippen LogP contribution in [0.4, 0.5) is 0 Å². The molecule has 12 heavy (non-hydrogen) atoms. The van der Waals surface area contributed by atoms with Crippen LogP contribution in [0.5, 0.6) is 0 Å². The van der Waals surface area contributed by atoms with E-state index in [2.05, 4.69) is 39.5 Å². The summed E-state index contributed by atoms with van der Waals surface area (Å²) in [6, 6.07) is 4.36. The molecule has 0 aromatic carbocycles. The van der Waals surface area contributed by atoms with Crippen LogP contribution in [0.3, 0.4) is 0 Å². The van der Waals surface area contributed by atoms with Crippen molar-refractivity contribution < 1.29 is 0 Å². The monoisotopic (exact) mass is 180 g/mol. The average Bonchev–Trinajstić information content (AvgIpc) is 2.52. The fourth-order valence-corrected chi connectivity index (χ4v) is 2.03. The van der Waals surface area contributed by atoms with Gasteiger partial charge in [-0.15, -0.1) is 11.3 Å². The van der Waals surface area contributed by atoms with Gasteiger partial charge >= 0.3 is 0 Å². The van der Waals surface area contributed by atoms with Gasteiger partial charge < -0.3 is 0 Å². The molecule has 1 heterocycles. The van der Waals surface area contributed by atoms with Gasteiger partial charge in [-0.3, -0.25) is 0 Å². The number of thiophene rings is 1. The van der Waals surface area contributed by atoms with Crippen LogP contribution in [-0.2, 0) is 5.41 Å². The molecule has 0 atom stereocenters. The zero-order valence-corrected chi connectivity index (χ0v) is 8.87. The minimum absolute atomic E-state index is 0.325. The molecule has 0 unspecified atom stereocenters. The summed E-state index contributed by atoms with van der Waals surface area (Å²) in [5, 5.41) is 0. The third-order valence-corrected chi connectivity index (χ3v) is 3.83. The normalized spacial score (nSPS) is 11.6. The molecule has 0 saturated carbocycles. The van der Waals surface area contributed by atoms with E-state index in [4.69, 9.17) is 0 Å². The molecule has 1 aromatic rings. The Morgan fingerprint density at radius 1 is 1.50 bits per heavy atom. The Morgan fingerprint density at radius 2 is 2.17 bits per heavy atom. The van der Waals surface area contributed by atoms with Crippen LogP contribution in [0, 0.1) is 0 Å². The standard InChI is InChI=1S/C11H16S/c1-5-9-7-8-10(12-9)11(3,4)6-2/h5,7-8H,1,6H2,2-4H3. The summed E-state index contributed by atoms with van der Waals surface area (Å²) in [5.41, 5.74) is 0.325. The maximum absolute atomic E-state index is 3.76. The minimum atomic E-state index is 0.325. The lowest BCUT2D eigenvalue weighted by Crippen LogP contribution is -2.12. The first-order valence-electron chi connectivity index (χ1n) is 4.33. The van der Waals surface area contributed by atoms with E-state index in [0.29, 0.717) is 5.41 Å². The number of rotatable bonds is 3. The molecule has 0 fully saturated rings. The second kappa shape index (κ2) is 3.44. The smallest absolute Gasteiger partial charge is 0.0267 e. The van der Waals surface area contributed by atoms with Crippen molar-refractivity contribution >= 4 is 17.4 Å². The molecule has 0 amide bonds. The Kier molecular flexibility index (Phi) is 2.73. The molecule has 66 valence electrons. The molecular formula is C11H16S. The Morgan fingerprint density at radius 3 is 2.58 bits per heavy atom. The summed E-state index contributed by atoms with van der Waals surface area (Å²) < 4.78 is 0. The van der Waals surface area contributed by atoms with Crippen LogP contribution < -0.4 is 0 Å². The van der Waals surface area contributed by atoms with Gasteiger partial charge in [0.05, 0.1) is 0 Å². The van der Waals surface area contributed by atoms with Crippen molar-refractivity contribution in [1.29, 1.82) is 0 Å². The van der Waals surface area contributed by atoms with E-state index in [1.807, 2.05) is 17.4 Å². The van der Waals surface area contributed by atoms with Crippen LogP contribution >= 0.6 is 11.3 Å². The van der Waals surface area contributed by atoms with Gasteiger partial charge in [-0.25, -0.2) is 0 Å². The minimum Gasteiger partial charge on any atom is -0.140 e. The molecule has 0 bridgehead atoms. The van der Waals surface area contributed by atoms with Gasteiger partial charge in [-0.1, -0.05) is 33.4 Å². The molecule has 1 rings (SSSR count). The number of hydrogen-bond acceptors (Lipinski definition) is 1. The van der Waals surface area contributed by atoms with E-state index >= 15 is 0 Å². The Hall–Kier alpha value is -0.560. The highest BCUT2D eigenvalue weighted by atomic mass is 32.1. The van der Waals surface area contributed by atoms with Gasteiger partial charge in [0.15, 0.2) is 0 Å². The third-order valence-electron chi connectivity index (χ3n) is 2.38. The number of hydrogen-bond donors (Lipinski definition) is 0. The molecule has 0 radical (unpaired) electrons. The first kappa shape index (κ1) is 9.53. The fraction of sp³-hybridized carbons (Fsp3) is 0.455. The summed E-state index contributed by atoms with van der Waals surface area (Å²) in [7, 11) is 0. The summed E-state index contributed by atoms with van der Waals surface area (Å²) >= 11 is 1.85. The molecule has 0 aliphatic heterocycles. The van der Waals surface area contributed by atoms with Crippen molar-refractivity contribution in [2.45, 2.75) is 32.6 Å². The van der Waals surface area contributed by atoms with Gasteiger partial charge in [-0.05, 0) is 24.0 Å². The van der Waals surface area contributed by atoms with Crippen molar-refractivity contribution in [1.82, 2.24) is 0 Å². The SMILES string of the molecule is C=Cc1ccc(C(C)(C)CC)s1. The van der Waals surface area contributed by atoms with Crippen LogP contribution in [0.25, 0.3) is 6.08 Å². The van der Waals surface area contributed by atoms with E-state index in [9.17, 15) is 0 Å². The summed E-state index contributed by atoms with van der Waals surface area (Å²) in [6.07, 6.45) is 3.10. The Bertz CT molecular complexity index is 268. The highest BCUT2D eigenvalue weighted by Crippen LogP contribution is 2.32. The first-order chi connectivity index (χ1) is 5.60. The average molecular weight is 180 g/mol. The maximum atomic E-state index is 3.76. The zero-order chi connectivity index (χ0) is 9.19. The molecule has 0 spiro atoms. The molecule has 0 aliphatic carbocycles. The van der Waals surface area contributed by atoms with Gasteiger partial charge in [0.25, 0.3) is 0 Å². The zero-order valence-electron chi connectivity index (χ0n) is 8.05. The van der Waals surface area contributed by atoms with Gasteiger partial charge in [0.2, 0.25) is 0 Å². The first-order valence-corrected chi connectivity index (χ1v) is 5.14. The van der Waals surface area contributed by atoms with Gasteiger partial charge in [0.1, 0.15) is 0 Å². The van der Waals surface area contributed by atoms with Crippen LogP contribution in [0.1, 0.15) is 36.9 Å². The van der Waals surface area contributed by atoms with E-state index < -0.39 is 0 Å². The fourth-order valence-electron chi connectivity index (χ4n) is 1.00. The van der Waals surface area contributed by atoms with E-state index in [1.165, 1.54) is 16.2 Å². The molecule has 0 aliphatic rings. The van der Waals surface area contributed by atoms with E-state index in [0.717, 1.165) is 0 Å². The summed E-state index contributed by atoms with van der Waals surface area (Å²) in [5.74, 6) is 0. The molecule has 1 aromatic heterocycles. The highest BCUT2D eigenvalue weighted by Gasteiger charge is 2.19. The highest BCUT2D eigenvalue weighted by molar-refractivity contribution is 7.13. The lowest BCUT2D eigenvalue weighted by atomic mass is 9.89. The van der Waals surface area contributed by atoms with Crippen LogP contribution in [0.15, 0.2) is 18.7 Å². The maximum Gasteiger partial charge on any atom is 0.0267 e. The molecule has 1 heteroatoms. The molecular weight excluding hydrogens is 164 g/mol. The predicted octanol–water partition coefficient (Wildman–Crippen LogP) is 4.08. The topological polar surface area (TPSA) is 0 Å².